The molecule has 7 heteroatoms. The van der Waals surface area contributed by atoms with E-state index in [4.69, 9.17) is 0 Å². The molecule has 0 saturated heterocycles. The van der Waals surface area contributed by atoms with E-state index in [1.54, 1.807) is 24.4 Å². The van der Waals surface area contributed by atoms with Gasteiger partial charge in [-0.25, -0.2) is 13.1 Å². The second kappa shape index (κ2) is 7.00. The van der Waals surface area contributed by atoms with Crippen molar-refractivity contribution in [2.75, 3.05) is 0 Å². The fourth-order valence-electron chi connectivity index (χ4n) is 1.88. The monoisotopic (exact) mass is 432 g/mol. The highest BCUT2D eigenvalue weighted by Crippen LogP contribution is 2.25. The van der Waals surface area contributed by atoms with Gasteiger partial charge in [0, 0.05) is 15.1 Å². The van der Waals surface area contributed by atoms with E-state index in [2.05, 4.69) is 41.6 Å². The lowest BCUT2D eigenvalue weighted by atomic mass is 10.1. The van der Waals surface area contributed by atoms with Gasteiger partial charge in [0.2, 0.25) is 10.0 Å². The van der Waals surface area contributed by atoms with E-state index in [1.165, 1.54) is 0 Å². The van der Waals surface area contributed by atoms with Crippen molar-refractivity contribution in [3.63, 3.8) is 0 Å². The largest absolute Gasteiger partial charge is 0.260 e. The molecule has 0 radical (unpaired) electrons. The van der Waals surface area contributed by atoms with Gasteiger partial charge in [0.05, 0.1) is 17.1 Å². The highest BCUT2D eigenvalue weighted by molar-refractivity contribution is 9.11. The van der Waals surface area contributed by atoms with Crippen LogP contribution in [0.4, 0.5) is 0 Å². The van der Waals surface area contributed by atoms with Gasteiger partial charge in [0.15, 0.2) is 0 Å². The molecule has 1 aromatic heterocycles. The molecule has 2 aromatic rings. The van der Waals surface area contributed by atoms with Crippen LogP contribution in [0.2, 0.25) is 0 Å². The Bertz CT molecular complexity index is 748. The van der Waals surface area contributed by atoms with Crippen LogP contribution in [0.25, 0.3) is 0 Å². The number of aryl methyl sites for hydroxylation is 1. The van der Waals surface area contributed by atoms with Crippen LogP contribution in [0.1, 0.15) is 18.2 Å². The zero-order valence-electron chi connectivity index (χ0n) is 11.3. The number of halogens is 2. The summed E-state index contributed by atoms with van der Waals surface area (Å²) in [6.07, 6.45) is 2.48. The van der Waals surface area contributed by atoms with Crippen molar-refractivity contribution in [3.8, 4) is 0 Å². The molecule has 0 bridgehead atoms. The zero-order chi connectivity index (χ0) is 15.5. The van der Waals surface area contributed by atoms with E-state index >= 15 is 0 Å². The van der Waals surface area contributed by atoms with Crippen LogP contribution in [0.5, 0.6) is 0 Å². The average molecular weight is 434 g/mol. The van der Waals surface area contributed by atoms with Crippen molar-refractivity contribution in [1.82, 2.24) is 9.71 Å². The Kier molecular flexibility index (Phi) is 5.54. The quantitative estimate of drug-likeness (QED) is 0.782. The van der Waals surface area contributed by atoms with E-state index in [-0.39, 0.29) is 11.4 Å². The van der Waals surface area contributed by atoms with Gasteiger partial charge in [-0.2, -0.15) is 0 Å². The third-order valence-electron chi connectivity index (χ3n) is 2.98. The molecule has 112 valence electrons. The number of benzene rings is 1. The number of hydrogen-bond donors (Lipinski definition) is 1. The standard InChI is InChI=1S/C14H14Br2N2O2S/c1-2-10-4-3-7-17-13(10)9-18-21(19,20)14-8-11(15)5-6-12(14)16/h3-8,18H,2,9H2,1H3. The van der Waals surface area contributed by atoms with Crippen molar-refractivity contribution in [1.29, 1.82) is 0 Å². The van der Waals surface area contributed by atoms with E-state index < -0.39 is 10.0 Å². The number of rotatable bonds is 5. The summed E-state index contributed by atoms with van der Waals surface area (Å²) < 4.78 is 28.6. The third-order valence-corrected chi connectivity index (χ3v) is 5.87. The van der Waals surface area contributed by atoms with Gasteiger partial charge in [0.1, 0.15) is 0 Å². The molecule has 0 atom stereocenters. The molecule has 1 N–H and O–H groups in total. The van der Waals surface area contributed by atoms with Gasteiger partial charge < -0.3 is 0 Å². The molecule has 2 rings (SSSR count). The first-order valence-electron chi connectivity index (χ1n) is 6.31. The van der Waals surface area contributed by atoms with Gasteiger partial charge in [-0.15, -0.1) is 0 Å². The molecule has 0 fully saturated rings. The molecule has 1 heterocycles. The van der Waals surface area contributed by atoms with Gasteiger partial charge in [-0.3, -0.25) is 4.98 Å². The summed E-state index contributed by atoms with van der Waals surface area (Å²) in [7, 11) is -3.60. The fourth-order valence-corrected chi connectivity index (χ4v) is 4.36. The minimum atomic E-state index is -3.60. The van der Waals surface area contributed by atoms with E-state index in [9.17, 15) is 8.42 Å². The number of nitrogens with zero attached hydrogens (tertiary/aromatic N) is 1. The van der Waals surface area contributed by atoms with Crippen LogP contribution in [-0.2, 0) is 23.0 Å². The highest BCUT2D eigenvalue weighted by atomic mass is 79.9. The summed E-state index contributed by atoms with van der Waals surface area (Å²) >= 11 is 6.55. The van der Waals surface area contributed by atoms with Crippen LogP contribution >= 0.6 is 31.9 Å². The Labute approximate surface area is 141 Å². The van der Waals surface area contributed by atoms with Crippen LogP contribution in [-0.4, -0.2) is 13.4 Å². The molecule has 0 aliphatic rings. The van der Waals surface area contributed by atoms with Crippen LogP contribution < -0.4 is 4.72 Å². The predicted octanol–water partition coefficient (Wildman–Crippen LogP) is 3.65. The average Bonchev–Trinajstić information content (AvgIpc) is 2.48. The normalized spacial score (nSPS) is 11.6. The lowest BCUT2D eigenvalue weighted by molar-refractivity contribution is 0.579. The zero-order valence-corrected chi connectivity index (χ0v) is 15.3. The van der Waals surface area contributed by atoms with Crippen molar-refractivity contribution in [2.24, 2.45) is 0 Å². The minimum absolute atomic E-state index is 0.172. The SMILES string of the molecule is CCc1cccnc1CNS(=O)(=O)c1cc(Br)ccc1Br. The van der Waals surface area contributed by atoms with Crippen molar-refractivity contribution < 1.29 is 8.42 Å². The Balaban J connectivity index is 2.24. The second-order valence-corrected chi connectivity index (χ2v) is 7.87. The van der Waals surface area contributed by atoms with Crippen LogP contribution in [0.15, 0.2) is 50.4 Å². The molecule has 0 saturated carbocycles. The maximum Gasteiger partial charge on any atom is 0.242 e. The Hall–Kier alpha value is -0.760. The number of hydrogen-bond acceptors (Lipinski definition) is 3. The number of nitrogens with one attached hydrogen (secondary N) is 1. The van der Waals surface area contributed by atoms with Crippen molar-refractivity contribution >= 4 is 41.9 Å². The van der Waals surface area contributed by atoms with Gasteiger partial charge in [-0.05, 0) is 52.2 Å². The predicted molar refractivity (Wildman–Crippen MR) is 89.5 cm³/mol. The Morgan fingerprint density at radius 3 is 2.71 bits per heavy atom. The summed E-state index contributed by atoms with van der Waals surface area (Å²) in [5.41, 5.74) is 1.78. The lowest BCUT2D eigenvalue weighted by Gasteiger charge is -2.10. The van der Waals surface area contributed by atoms with E-state index in [0.717, 1.165) is 17.7 Å². The van der Waals surface area contributed by atoms with Gasteiger partial charge >= 0.3 is 0 Å². The molecule has 4 nitrogen and oxygen atoms in total. The Morgan fingerprint density at radius 1 is 1.24 bits per heavy atom. The number of aromatic nitrogens is 1. The van der Waals surface area contributed by atoms with Crippen molar-refractivity contribution in [2.45, 2.75) is 24.8 Å². The first-order chi connectivity index (χ1) is 9.94. The smallest absolute Gasteiger partial charge is 0.242 e. The number of sulfonamides is 1. The van der Waals surface area contributed by atoms with Crippen LogP contribution in [0, 0.1) is 0 Å². The third kappa shape index (κ3) is 4.12. The first-order valence-corrected chi connectivity index (χ1v) is 9.38. The molecule has 21 heavy (non-hydrogen) atoms. The van der Waals surface area contributed by atoms with Crippen molar-refractivity contribution in [3.05, 3.63) is 56.7 Å². The van der Waals surface area contributed by atoms with E-state index in [1.807, 2.05) is 19.1 Å². The van der Waals surface area contributed by atoms with E-state index in [0.29, 0.717) is 8.95 Å². The molecule has 0 spiro atoms. The first kappa shape index (κ1) is 16.6. The molecular formula is C14H14Br2N2O2S. The molecule has 0 aliphatic heterocycles. The maximum absolute atomic E-state index is 12.4. The summed E-state index contributed by atoms with van der Waals surface area (Å²) in [4.78, 5) is 4.44. The number of pyridine rings is 1. The molecule has 0 amide bonds. The minimum Gasteiger partial charge on any atom is -0.260 e. The molecule has 0 unspecified atom stereocenters. The summed E-state index contributed by atoms with van der Waals surface area (Å²) in [5, 5.41) is 0. The topological polar surface area (TPSA) is 59.1 Å². The summed E-state index contributed by atoms with van der Waals surface area (Å²) in [5.74, 6) is 0. The molecular weight excluding hydrogens is 420 g/mol. The lowest BCUT2D eigenvalue weighted by Crippen LogP contribution is -2.24. The Morgan fingerprint density at radius 2 is 2.00 bits per heavy atom. The van der Waals surface area contributed by atoms with Crippen LogP contribution in [0.3, 0.4) is 0 Å². The maximum atomic E-state index is 12.4. The molecule has 0 aliphatic carbocycles. The molecule has 1 aromatic carbocycles. The van der Waals surface area contributed by atoms with Gasteiger partial charge in [0.25, 0.3) is 0 Å². The fraction of sp³-hybridized carbons (Fsp3) is 0.214. The highest BCUT2D eigenvalue weighted by Gasteiger charge is 2.18. The summed E-state index contributed by atoms with van der Waals surface area (Å²) in [6, 6.07) is 8.83. The second-order valence-electron chi connectivity index (χ2n) is 4.36. The van der Waals surface area contributed by atoms with Gasteiger partial charge in [-0.1, -0.05) is 28.9 Å². The summed E-state index contributed by atoms with van der Waals surface area (Å²) in [6.45, 7) is 2.19.